The predicted octanol–water partition coefficient (Wildman–Crippen LogP) is 3.85. The first kappa shape index (κ1) is 16.8. The van der Waals surface area contributed by atoms with E-state index in [2.05, 4.69) is 12.2 Å². The van der Waals surface area contributed by atoms with Gasteiger partial charge in [0.25, 0.3) is 0 Å². The van der Waals surface area contributed by atoms with Crippen molar-refractivity contribution >= 4 is 28.9 Å². The Bertz CT molecular complexity index is 424. The zero-order valence-corrected chi connectivity index (χ0v) is 12.7. The quantitative estimate of drug-likeness (QED) is 0.537. The minimum absolute atomic E-state index is 0.0501. The minimum atomic E-state index is -0.203. The number of benzene rings is 1. The van der Waals surface area contributed by atoms with E-state index in [1.54, 1.807) is 18.2 Å². The summed E-state index contributed by atoms with van der Waals surface area (Å²) >= 11 is 5.97. The fraction of sp³-hybridized carbons (Fsp3) is 0.533. The van der Waals surface area contributed by atoms with Gasteiger partial charge in [0.1, 0.15) is 6.61 Å². The Labute approximate surface area is 125 Å². The number of nitrogens with one attached hydrogen (secondary N) is 1. The number of amides is 1. The number of anilines is 2. The van der Waals surface area contributed by atoms with E-state index in [1.807, 2.05) is 0 Å². The van der Waals surface area contributed by atoms with Crippen LogP contribution in [0, 0.1) is 0 Å². The maximum atomic E-state index is 11.7. The number of nitrogen functional groups attached to an aromatic ring is 1. The second-order valence-electron chi connectivity index (χ2n) is 4.75. The molecule has 0 aliphatic heterocycles. The van der Waals surface area contributed by atoms with Gasteiger partial charge >= 0.3 is 0 Å². The molecule has 0 saturated carbocycles. The number of unbranched alkanes of at least 4 members (excludes halogenated alkanes) is 4. The van der Waals surface area contributed by atoms with E-state index in [0.717, 1.165) is 12.8 Å². The van der Waals surface area contributed by atoms with Crippen molar-refractivity contribution in [1.29, 1.82) is 0 Å². The van der Waals surface area contributed by atoms with Gasteiger partial charge in [0.15, 0.2) is 0 Å². The molecule has 0 aliphatic carbocycles. The van der Waals surface area contributed by atoms with Crippen LogP contribution in [0.25, 0.3) is 0 Å². The number of ether oxygens (including phenoxy) is 1. The summed E-state index contributed by atoms with van der Waals surface area (Å²) in [5.41, 5.74) is 6.70. The second-order valence-corrected chi connectivity index (χ2v) is 5.16. The summed E-state index contributed by atoms with van der Waals surface area (Å²) < 4.78 is 5.33. The Morgan fingerprint density at radius 2 is 2.05 bits per heavy atom. The van der Waals surface area contributed by atoms with E-state index < -0.39 is 0 Å². The first-order chi connectivity index (χ1) is 9.63. The van der Waals surface area contributed by atoms with Crippen LogP contribution < -0.4 is 11.1 Å². The van der Waals surface area contributed by atoms with Crippen LogP contribution in [0.2, 0.25) is 5.02 Å². The van der Waals surface area contributed by atoms with Crippen molar-refractivity contribution in [2.75, 3.05) is 24.3 Å². The van der Waals surface area contributed by atoms with Gasteiger partial charge in [-0.3, -0.25) is 4.79 Å². The van der Waals surface area contributed by atoms with Crippen molar-refractivity contribution in [2.24, 2.45) is 0 Å². The van der Waals surface area contributed by atoms with E-state index >= 15 is 0 Å². The van der Waals surface area contributed by atoms with Crippen molar-refractivity contribution in [3.63, 3.8) is 0 Å². The Hall–Kier alpha value is -1.26. The van der Waals surface area contributed by atoms with E-state index in [-0.39, 0.29) is 12.5 Å². The molecule has 0 aliphatic rings. The molecule has 0 spiro atoms. The van der Waals surface area contributed by atoms with Crippen LogP contribution in [0.3, 0.4) is 0 Å². The first-order valence-corrected chi connectivity index (χ1v) is 7.44. The summed E-state index contributed by atoms with van der Waals surface area (Å²) in [6.45, 7) is 2.85. The fourth-order valence-corrected chi connectivity index (χ4v) is 2.03. The third kappa shape index (κ3) is 6.78. The highest BCUT2D eigenvalue weighted by Crippen LogP contribution is 2.23. The molecule has 4 nitrogen and oxygen atoms in total. The van der Waals surface area contributed by atoms with Crippen LogP contribution in [0.5, 0.6) is 0 Å². The highest BCUT2D eigenvalue weighted by molar-refractivity contribution is 6.34. The van der Waals surface area contributed by atoms with E-state index in [9.17, 15) is 4.79 Å². The third-order valence-electron chi connectivity index (χ3n) is 2.89. The summed E-state index contributed by atoms with van der Waals surface area (Å²) in [6, 6.07) is 4.97. The molecule has 0 radical (unpaired) electrons. The zero-order chi connectivity index (χ0) is 14.8. The summed E-state index contributed by atoms with van der Waals surface area (Å²) in [5.74, 6) is -0.203. The van der Waals surface area contributed by atoms with Crippen LogP contribution in [0.1, 0.15) is 39.0 Å². The van der Waals surface area contributed by atoms with Crippen molar-refractivity contribution in [3.8, 4) is 0 Å². The lowest BCUT2D eigenvalue weighted by Crippen LogP contribution is -2.18. The zero-order valence-electron chi connectivity index (χ0n) is 12.0. The molecule has 0 bridgehead atoms. The maximum Gasteiger partial charge on any atom is 0.250 e. The van der Waals surface area contributed by atoms with Crippen molar-refractivity contribution < 1.29 is 9.53 Å². The van der Waals surface area contributed by atoms with Gasteiger partial charge in [-0.15, -0.1) is 0 Å². The van der Waals surface area contributed by atoms with E-state index in [4.69, 9.17) is 22.1 Å². The van der Waals surface area contributed by atoms with E-state index in [1.165, 1.54) is 19.3 Å². The average Bonchev–Trinajstić information content (AvgIpc) is 2.41. The van der Waals surface area contributed by atoms with Crippen LogP contribution in [-0.4, -0.2) is 19.1 Å². The number of hydrogen-bond acceptors (Lipinski definition) is 3. The number of halogens is 1. The third-order valence-corrected chi connectivity index (χ3v) is 3.21. The standard InChI is InChI=1S/C15H23ClN2O2/c1-2-3-4-5-6-9-20-11-15(19)18-14-8-7-12(17)10-13(14)16/h7-8,10H,2-6,9,11,17H2,1H3,(H,18,19). The molecule has 0 saturated heterocycles. The molecule has 112 valence electrons. The number of carbonyl (C=O) groups excluding carboxylic acids is 1. The monoisotopic (exact) mass is 298 g/mol. The van der Waals surface area contributed by atoms with E-state index in [0.29, 0.717) is 23.0 Å². The molecule has 1 aromatic carbocycles. The minimum Gasteiger partial charge on any atom is -0.399 e. The molecule has 0 heterocycles. The van der Waals surface area contributed by atoms with Gasteiger partial charge in [-0.05, 0) is 24.6 Å². The number of hydrogen-bond donors (Lipinski definition) is 2. The molecular formula is C15H23ClN2O2. The lowest BCUT2D eigenvalue weighted by Gasteiger charge is -2.08. The van der Waals surface area contributed by atoms with Crippen molar-refractivity contribution in [3.05, 3.63) is 23.2 Å². The SMILES string of the molecule is CCCCCCCOCC(=O)Nc1ccc(N)cc1Cl. The van der Waals surface area contributed by atoms with Gasteiger partial charge in [-0.1, -0.05) is 44.2 Å². The number of nitrogens with two attached hydrogens (primary N) is 1. The molecule has 1 aromatic rings. The molecule has 5 heteroatoms. The highest BCUT2D eigenvalue weighted by Gasteiger charge is 2.06. The number of carbonyl (C=O) groups is 1. The van der Waals surface area contributed by atoms with Crippen LogP contribution in [-0.2, 0) is 9.53 Å². The fourth-order valence-electron chi connectivity index (χ4n) is 1.79. The summed E-state index contributed by atoms with van der Waals surface area (Å²) in [5, 5.41) is 3.13. The summed E-state index contributed by atoms with van der Waals surface area (Å²) in [4.78, 5) is 11.7. The van der Waals surface area contributed by atoms with Gasteiger partial charge < -0.3 is 15.8 Å². The molecule has 0 fully saturated rings. The summed E-state index contributed by atoms with van der Waals surface area (Å²) in [7, 11) is 0. The van der Waals surface area contributed by atoms with Crippen molar-refractivity contribution in [1.82, 2.24) is 0 Å². The predicted molar refractivity (Wildman–Crippen MR) is 84.1 cm³/mol. The van der Waals surface area contributed by atoms with Crippen LogP contribution >= 0.6 is 11.6 Å². The Balaban J connectivity index is 2.17. The molecule has 0 atom stereocenters. The molecule has 3 N–H and O–H groups in total. The summed E-state index contributed by atoms with van der Waals surface area (Å²) in [6.07, 6.45) is 5.87. The van der Waals surface area contributed by atoms with Crippen LogP contribution in [0.15, 0.2) is 18.2 Å². The molecular weight excluding hydrogens is 276 g/mol. The van der Waals surface area contributed by atoms with Gasteiger partial charge in [-0.25, -0.2) is 0 Å². The molecule has 1 rings (SSSR count). The van der Waals surface area contributed by atoms with Gasteiger partial charge in [-0.2, -0.15) is 0 Å². The Kier molecular flexibility index (Phi) is 8.07. The maximum absolute atomic E-state index is 11.7. The van der Waals surface area contributed by atoms with Crippen molar-refractivity contribution in [2.45, 2.75) is 39.0 Å². The average molecular weight is 299 g/mol. The topological polar surface area (TPSA) is 64.3 Å². The van der Waals surface area contributed by atoms with Gasteiger partial charge in [0.05, 0.1) is 10.7 Å². The smallest absolute Gasteiger partial charge is 0.250 e. The van der Waals surface area contributed by atoms with Gasteiger partial charge in [0.2, 0.25) is 5.91 Å². The Morgan fingerprint density at radius 3 is 2.75 bits per heavy atom. The lowest BCUT2D eigenvalue weighted by atomic mass is 10.2. The largest absolute Gasteiger partial charge is 0.399 e. The molecule has 20 heavy (non-hydrogen) atoms. The Morgan fingerprint density at radius 1 is 1.30 bits per heavy atom. The molecule has 0 aromatic heterocycles. The molecule has 1 amide bonds. The van der Waals surface area contributed by atoms with Crippen LogP contribution in [0.4, 0.5) is 11.4 Å². The van der Waals surface area contributed by atoms with Gasteiger partial charge in [0, 0.05) is 12.3 Å². The first-order valence-electron chi connectivity index (χ1n) is 7.06. The second kappa shape index (κ2) is 9.61. The normalized spacial score (nSPS) is 10.5. The lowest BCUT2D eigenvalue weighted by molar-refractivity contribution is -0.120. The molecule has 0 unspecified atom stereocenters. The number of rotatable bonds is 9. The highest BCUT2D eigenvalue weighted by atomic mass is 35.5.